The fraction of sp³-hybridized carbons (Fsp3) is 0.118. The number of aryl methyl sites for hydroxylation is 1. The average molecular weight is 265 g/mol. The Hall–Kier alpha value is -2.39. The lowest BCUT2D eigenvalue weighted by atomic mass is 9.97. The van der Waals surface area contributed by atoms with Gasteiger partial charge in [0, 0.05) is 5.56 Å². The van der Waals surface area contributed by atoms with Gasteiger partial charge in [-0.25, -0.2) is 0 Å². The van der Waals surface area contributed by atoms with Crippen LogP contribution in [-0.4, -0.2) is 10.3 Å². The van der Waals surface area contributed by atoms with E-state index in [2.05, 4.69) is 5.16 Å². The Bertz CT molecular complexity index is 690. The van der Waals surface area contributed by atoms with Crippen molar-refractivity contribution < 1.29 is 9.63 Å². The molecule has 0 radical (unpaired) electrons. The molecule has 3 nitrogen and oxygen atoms in total. The molecule has 1 atom stereocenters. The molecule has 3 heteroatoms. The summed E-state index contributed by atoms with van der Waals surface area (Å²) >= 11 is 0. The molecule has 1 aromatic heterocycles. The molecule has 0 aliphatic rings. The standard InChI is InChI=1S/C17H15NO2/c1-12-15(16(19)13-8-4-2-5-9-13)17(20-18-12)14-10-6-3-7-11-14/h2-11,16,19H,1H3. The van der Waals surface area contributed by atoms with Crippen LogP contribution < -0.4 is 0 Å². The minimum absolute atomic E-state index is 0.624. The highest BCUT2D eigenvalue weighted by atomic mass is 16.5. The van der Waals surface area contributed by atoms with E-state index in [4.69, 9.17) is 4.52 Å². The molecular weight excluding hydrogens is 250 g/mol. The van der Waals surface area contributed by atoms with Crippen molar-refractivity contribution >= 4 is 0 Å². The fourth-order valence-corrected chi connectivity index (χ4v) is 2.30. The summed E-state index contributed by atoms with van der Waals surface area (Å²) in [6.07, 6.45) is -0.738. The van der Waals surface area contributed by atoms with E-state index in [-0.39, 0.29) is 0 Å². The van der Waals surface area contributed by atoms with Crippen molar-refractivity contribution in [1.29, 1.82) is 0 Å². The van der Waals surface area contributed by atoms with Crippen molar-refractivity contribution in [2.75, 3.05) is 0 Å². The van der Waals surface area contributed by atoms with E-state index >= 15 is 0 Å². The van der Waals surface area contributed by atoms with Crippen LogP contribution in [0.15, 0.2) is 65.2 Å². The Morgan fingerprint density at radius 3 is 2.20 bits per heavy atom. The van der Waals surface area contributed by atoms with Crippen LogP contribution in [0.1, 0.15) is 22.9 Å². The van der Waals surface area contributed by atoms with Crippen molar-refractivity contribution in [2.45, 2.75) is 13.0 Å². The molecule has 0 aliphatic heterocycles. The molecule has 0 saturated carbocycles. The number of nitrogens with zero attached hydrogens (tertiary/aromatic N) is 1. The topological polar surface area (TPSA) is 46.3 Å². The van der Waals surface area contributed by atoms with Gasteiger partial charge in [0.15, 0.2) is 5.76 Å². The second-order valence-electron chi connectivity index (χ2n) is 4.69. The van der Waals surface area contributed by atoms with Gasteiger partial charge in [-0.05, 0) is 12.5 Å². The smallest absolute Gasteiger partial charge is 0.173 e. The number of hydrogen-bond acceptors (Lipinski definition) is 3. The van der Waals surface area contributed by atoms with Crippen LogP contribution in [0, 0.1) is 6.92 Å². The summed E-state index contributed by atoms with van der Waals surface area (Å²) in [6, 6.07) is 19.2. The molecular formula is C17H15NO2. The van der Waals surface area contributed by atoms with E-state index in [1.165, 1.54) is 0 Å². The molecule has 3 aromatic rings. The predicted octanol–water partition coefficient (Wildman–Crippen LogP) is 3.73. The number of aromatic nitrogens is 1. The molecule has 0 amide bonds. The number of rotatable bonds is 3. The molecule has 20 heavy (non-hydrogen) atoms. The van der Waals surface area contributed by atoms with Gasteiger partial charge in [0.1, 0.15) is 6.10 Å². The molecule has 0 aliphatic carbocycles. The van der Waals surface area contributed by atoms with Crippen LogP contribution in [0.3, 0.4) is 0 Å². The zero-order valence-corrected chi connectivity index (χ0v) is 11.2. The van der Waals surface area contributed by atoms with Gasteiger partial charge in [0.05, 0.1) is 11.3 Å². The second kappa shape index (κ2) is 5.31. The van der Waals surface area contributed by atoms with Crippen LogP contribution in [0.2, 0.25) is 0 Å². The van der Waals surface area contributed by atoms with Crippen LogP contribution in [0.4, 0.5) is 0 Å². The molecule has 0 spiro atoms. The maximum absolute atomic E-state index is 10.6. The average Bonchev–Trinajstić information content (AvgIpc) is 2.90. The third-order valence-corrected chi connectivity index (χ3v) is 3.33. The van der Waals surface area contributed by atoms with E-state index in [1.54, 1.807) is 0 Å². The third-order valence-electron chi connectivity index (χ3n) is 3.33. The number of aliphatic hydroxyl groups is 1. The molecule has 1 heterocycles. The van der Waals surface area contributed by atoms with Crippen molar-refractivity contribution in [3.05, 3.63) is 77.5 Å². The van der Waals surface area contributed by atoms with E-state index in [1.807, 2.05) is 67.6 Å². The lowest BCUT2D eigenvalue weighted by molar-refractivity contribution is 0.219. The minimum atomic E-state index is -0.738. The molecule has 0 bridgehead atoms. The van der Waals surface area contributed by atoms with Gasteiger partial charge < -0.3 is 9.63 Å². The zero-order valence-electron chi connectivity index (χ0n) is 11.2. The van der Waals surface area contributed by atoms with Crippen molar-refractivity contribution in [3.8, 4) is 11.3 Å². The molecule has 1 N–H and O–H groups in total. The molecule has 3 rings (SSSR count). The van der Waals surface area contributed by atoms with E-state index in [0.717, 1.165) is 16.7 Å². The summed E-state index contributed by atoms with van der Waals surface area (Å²) in [6.45, 7) is 1.84. The van der Waals surface area contributed by atoms with Gasteiger partial charge in [0.25, 0.3) is 0 Å². The highest BCUT2D eigenvalue weighted by molar-refractivity contribution is 5.63. The predicted molar refractivity (Wildman–Crippen MR) is 77.2 cm³/mol. The SMILES string of the molecule is Cc1noc(-c2ccccc2)c1C(O)c1ccccc1. The summed E-state index contributed by atoms with van der Waals surface area (Å²) in [5, 5.41) is 14.6. The molecule has 100 valence electrons. The van der Waals surface area contributed by atoms with Gasteiger partial charge >= 0.3 is 0 Å². The Labute approximate surface area is 117 Å². The Kier molecular flexibility index (Phi) is 3.35. The number of benzene rings is 2. The fourth-order valence-electron chi connectivity index (χ4n) is 2.30. The van der Waals surface area contributed by atoms with Crippen LogP contribution in [0.5, 0.6) is 0 Å². The van der Waals surface area contributed by atoms with E-state index < -0.39 is 6.10 Å². The normalized spacial score (nSPS) is 12.3. The summed E-state index contributed by atoms with van der Waals surface area (Å²) in [7, 11) is 0. The first-order valence-corrected chi connectivity index (χ1v) is 6.52. The third kappa shape index (κ3) is 2.24. The summed E-state index contributed by atoms with van der Waals surface area (Å²) in [5.74, 6) is 0.624. The first-order valence-electron chi connectivity index (χ1n) is 6.52. The van der Waals surface area contributed by atoms with Crippen LogP contribution in [-0.2, 0) is 0 Å². The monoisotopic (exact) mass is 265 g/mol. The first-order chi connectivity index (χ1) is 9.77. The zero-order chi connectivity index (χ0) is 13.9. The largest absolute Gasteiger partial charge is 0.383 e. The van der Waals surface area contributed by atoms with Gasteiger partial charge in [-0.3, -0.25) is 0 Å². The van der Waals surface area contributed by atoms with Crippen molar-refractivity contribution in [1.82, 2.24) is 5.16 Å². The molecule has 0 fully saturated rings. The lowest BCUT2D eigenvalue weighted by Gasteiger charge is -2.11. The maximum Gasteiger partial charge on any atom is 0.173 e. The van der Waals surface area contributed by atoms with Gasteiger partial charge in [0.2, 0.25) is 0 Å². The highest BCUT2D eigenvalue weighted by Crippen LogP contribution is 2.33. The Morgan fingerprint density at radius 1 is 0.950 bits per heavy atom. The van der Waals surface area contributed by atoms with E-state index in [9.17, 15) is 5.11 Å². The van der Waals surface area contributed by atoms with Gasteiger partial charge in [-0.1, -0.05) is 65.8 Å². The minimum Gasteiger partial charge on any atom is -0.383 e. The van der Waals surface area contributed by atoms with Crippen LogP contribution >= 0.6 is 0 Å². The number of aliphatic hydroxyl groups excluding tert-OH is 1. The summed E-state index contributed by atoms with van der Waals surface area (Å²) < 4.78 is 5.41. The number of hydrogen-bond donors (Lipinski definition) is 1. The second-order valence-corrected chi connectivity index (χ2v) is 4.69. The first kappa shape index (κ1) is 12.6. The lowest BCUT2D eigenvalue weighted by Crippen LogP contribution is -2.01. The van der Waals surface area contributed by atoms with Crippen molar-refractivity contribution in [3.63, 3.8) is 0 Å². The molecule has 1 unspecified atom stereocenters. The molecule has 0 saturated heterocycles. The maximum atomic E-state index is 10.6. The Morgan fingerprint density at radius 2 is 1.55 bits per heavy atom. The van der Waals surface area contributed by atoms with Crippen molar-refractivity contribution in [2.24, 2.45) is 0 Å². The Balaban J connectivity index is 2.08. The quantitative estimate of drug-likeness (QED) is 0.784. The summed E-state index contributed by atoms with van der Waals surface area (Å²) in [5.41, 5.74) is 3.18. The van der Waals surface area contributed by atoms with Crippen LogP contribution in [0.25, 0.3) is 11.3 Å². The molecule has 2 aromatic carbocycles. The summed E-state index contributed by atoms with van der Waals surface area (Å²) in [4.78, 5) is 0. The van der Waals surface area contributed by atoms with Gasteiger partial charge in [-0.15, -0.1) is 0 Å². The highest BCUT2D eigenvalue weighted by Gasteiger charge is 2.22. The van der Waals surface area contributed by atoms with Gasteiger partial charge in [-0.2, -0.15) is 0 Å². The van der Waals surface area contributed by atoms with E-state index in [0.29, 0.717) is 11.5 Å².